The first-order valence-corrected chi connectivity index (χ1v) is 10.8. The molecule has 1 N–H and O–H groups in total. The van der Waals surface area contributed by atoms with E-state index in [4.69, 9.17) is 0 Å². The highest BCUT2D eigenvalue weighted by molar-refractivity contribution is 5.95. The molecule has 2 heterocycles. The fourth-order valence-corrected chi connectivity index (χ4v) is 5.14. The van der Waals surface area contributed by atoms with Gasteiger partial charge in [-0.3, -0.25) is 14.3 Å². The van der Waals surface area contributed by atoms with Crippen molar-refractivity contribution in [2.24, 2.45) is 0 Å². The van der Waals surface area contributed by atoms with Crippen LogP contribution in [0.1, 0.15) is 44.7 Å². The molecule has 1 aliphatic heterocycles. The molecular weight excluding hydrogens is 473 g/mol. The lowest BCUT2D eigenvalue weighted by molar-refractivity contribution is -0.142. The highest BCUT2D eigenvalue weighted by Crippen LogP contribution is 2.45. The van der Waals surface area contributed by atoms with E-state index in [1.54, 1.807) is 12.1 Å². The molecule has 6 nitrogen and oxygen atoms in total. The van der Waals surface area contributed by atoms with Gasteiger partial charge in [0.1, 0.15) is 18.2 Å². The number of alkyl halides is 3. The molecule has 0 bridgehead atoms. The second-order valence-corrected chi connectivity index (χ2v) is 8.61. The van der Waals surface area contributed by atoms with E-state index < -0.39 is 65.6 Å². The maximum atomic E-state index is 14.9. The molecule has 0 radical (unpaired) electrons. The SMILES string of the molecule is O=C1c2c(O)c(=O)cnn2[C@@H](C2c3cccc(F)c3CCc3c(F)cccc32)CN1CC(F)(F)F. The quantitative estimate of drug-likeness (QED) is 0.555. The van der Waals surface area contributed by atoms with Crippen LogP contribution >= 0.6 is 0 Å². The number of nitrogens with zero attached hydrogens (tertiary/aromatic N) is 3. The predicted molar refractivity (Wildman–Crippen MR) is 113 cm³/mol. The van der Waals surface area contributed by atoms with Gasteiger partial charge in [-0.15, -0.1) is 0 Å². The third-order valence-corrected chi connectivity index (χ3v) is 6.56. The van der Waals surface area contributed by atoms with Crippen LogP contribution in [0.3, 0.4) is 0 Å². The number of hydrogen-bond acceptors (Lipinski definition) is 4. The largest absolute Gasteiger partial charge is 0.502 e. The standard InChI is InChI=1S/C24H18F5N3O3/c25-16-5-1-3-14-12(16)7-8-13-15(4-2-6-17(13)26)20(14)18-10-31(11-24(27,28)29)23(35)21-22(34)19(33)9-30-32(18)21/h1-6,9,18,20,34H,7-8,10-11H2/t18-/m1/s1. The average Bonchev–Trinajstić information content (AvgIpc) is 2.95. The van der Waals surface area contributed by atoms with Crippen molar-refractivity contribution in [3.05, 3.63) is 92.4 Å². The number of carbonyl (C=O) groups is 1. The molecule has 2 aromatic carbocycles. The van der Waals surface area contributed by atoms with Gasteiger partial charge in [0.05, 0.1) is 12.2 Å². The molecule has 0 fully saturated rings. The highest BCUT2D eigenvalue weighted by atomic mass is 19.4. The summed E-state index contributed by atoms with van der Waals surface area (Å²) in [5.41, 5.74) is -0.356. The normalized spacial score (nSPS) is 18.0. The number of hydrogen-bond donors (Lipinski definition) is 1. The minimum Gasteiger partial charge on any atom is -0.502 e. The van der Waals surface area contributed by atoms with E-state index in [1.165, 1.54) is 24.3 Å². The Morgan fingerprint density at radius 2 is 1.54 bits per heavy atom. The summed E-state index contributed by atoms with van der Waals surface area (Å²) >= 11 is 0. The van der Waals surface area contributed by atoms with Crippen molar-refractivity contribution in [3.63, 3.8) is 0 Å². The molecule has 5 rings (SSSR count). The van der Waals surface area contributed by atoms with E-state index in [0.717, 1.165) is 10.9 Å². The first kappa shape index (κ1) is 23.0. The number of fused-ring (bicyclic) bond motifs is 3. The van der Waals surface area contributed by atoms with Crippen molar-refractivity contribution >= 4 is 5.91 Å². The molecule has 11 heteroatoms. The van der Waals surface area contributed by atoms with Gasteiger partial charge >= 0.3 is 6.18 Å². The summed E-state index contributed by atoms with van der Waals surface area (Å²) in [6.07, 6.45) is -3.70. The van der Waals surface area contributed by atoms with E-state index in [0.29, 0.717) is 16.0 Å². The molecule has 0 unspecified atom stereocenters. The second kappa shape index (κ2) is 8.17. The van der Waals surface area contributed by atoms with Crippen molar-refractivity contribution in [1.29, 1.82) is 0 Å². The number of benzene rings is 2. The maximum Gasteiger partial charge on any atom is 0.406 e. The number of halogens is 5. The number of rotatable bonds is 2. The lowest BCUT2D eigenvalue weighted by atomic mass is 9.81. The lowest BCUT2D eigenvalue weighted by Gasteiger charge is -2.39. The Hall–Kier alpha value is -3.76. The number of amides is 1. The monoisotopic (exact) mass is 491 g/mol. The third-order valence-electron chi connectivity index (χ3n) is 6.56. The Morgan fingerprint density at radius 1 is 0.971 bits per heavy atom. The molecule has 3 aromatic rings. The fourth-order valence-electron chi connectivity index (χ4n) is 5.14. The van der Waals surface area contributed by atoms with Crippen LogP contribution in [0, 0.1) is 11.6 Å². The predicted octanol–water partition coefficient (Wildman–Crippen LogP) is 3.72. The second-order valence-electron chi connectivity index (χ2n) is 8.61. The molecular formula is C24H18F5N3O3. The van der Waals surface area contributed by atoms with Gasteiger partial charge in [-0.2, -0.15) is 18.3 Å². The number of aromatic hydroxyl groups is 1. The van der Waals surface area contributed by atoms with Crippen molar-refractivity contribution in [3.8, 4) is 5.75 Å². The third kappa shape index (κ3) is 3.84. The van der Waals surface area contributed by atoms with Gasteiger partial charge in [0, 0.05) is 12.5 Å². The van der Waals surface area contributed by atoms with Crippen LogP contribution in [0.2, 0.25) is 0 Å². The van der Waals surface area contributed by atoms with Crippen LogP contribution in [0.25, 0.3) is 0 Å². The van der Waals surface area contributed by atoms with Crippen molar-refractivity contribution in [1.82, 2.24) is 14.7 Å². The zero-order chi connectivity index (χ0) is 25.1. The zero-order valence-electron chi connectivity index (χ0n) is 18.0. The Bertz CT molecular complexity index is 1350. The van der Waals surface area contributed by atoms with E-state index in [-0.39, 0.29) is 24.0 Å². The van der Waals surface area contributed by atoms with Crippen LogP contribution in [-0.2, 0) is 12.8 Å². The van der Waals surface area contributed by atoms with Crippen LogP contribution in [-0.4, -0.2) is 45.0 Å². The summed E-state index contributed by atoms with van der Waals surface area (Å²) in [6, 6.07) is 7.50. The Kier molecular flexibility index (Phi) is 5.37. The Labute approximate surface area is 195 Å². The van der Waals surface area contributed by atoms with Gasteiger partial charge < -0.3 is 10.0 Å². The Morgan fingerprint density at radius 3 is 2.09 bits per heavy atom. The van der Waals surface area contributed by atoms with Gasteiger partial charge in [-0.1, -0.05) is 24.3 Å². The smallest absolute Gasteiger partial charge is 0.406 e. The molecule has 1 atom stereocenters. The van der Waals surface area contributed by atoms with Crippen LogP contribution in [0.15, 0.2) is 47.4 Å². The minimum atomic E-state index is -4.77. The van der Waals surface area contributed by atoms with Crippen LogP contribution in [0.4, 0.5) is 22.0 Å². The van der Waals surface area contributed by atoms with E-state index in [9.17, 15) is 36.6 Å². The summed E-state index contributed by atoms with van der Waals surface area (Å²) in [5, 5.41) is 14.3. The molecule has 35 heavy (non-hydrogen) atoms. The van der Waals surface area contributed by atoms with Gasteiger partial charge in [0.2, 0.25) is 5.43 Å². The first-order chi connectivity index (χ1) is 16.6. The van der Waals surface area contributed by atoms with Gasteiger partial charge in [0.25, 0.3) is 5.91 Å². The molecule has 182 valence electrons. The van der Waals surface area contributed by atoms with E-state index >= 15 is 0 Å². The topological polar surface area (TPSA) is 75.4 Å². The Balaban J connectivity index is 1.79. The van der Waals surface area contributed by atoms with E-state index in [2.05, 4.69) is 5.10 Å². The lowest BCUT2D eigenvalue weighted by Crippen LogP contribution is -2.50. The maximum absolute atomic E-state index is 14.9. The van der Waals surface area contributed by atoms with Crippen LogP contribution < -0.4 is 5.43 Å². The molecule has 0 saturated heterocycles. The average molecular weight is 491 g/mol. The van der Waals surface area contributed by atoms with Crippen molar-refractivity contribution < 1.29 is 31.9 Å². The van der Waals surface area contributed by atoms with Gasteiger partial charge in [-0.25, -0.2) is 8.78 Å². The van der Waals surface area contributed by atoms with Gasteiger partial charge in [0.15, 0.2) is 11.4 Å². The number of aromatic nitrogens is 2. The molecule has 1 aliphatic carbocycles. The molecule has 1 aromatic heterocycles. The molecule has 0 spiro atoms. The highest BCUT2D eigenvalue weighted by Gasteiger charge is 2.45. The zero-order valence-corrected chi connectivity index (χ0v) is 18.0. The molecule has 2 aliphatic rings. The first-order valence-electron chi connectivity index (χ1n) is 10.8. The summed E-state index contributed by atoms with van der Waals surface area (Å²) in [5.74, 6) is -4.26. The number of carbonyl (C=O) groups excluding carboxylic acids is 1. The van der Waals surface area contributed by atoms with Gasteiger partial charge in [-0.05, 0) is 47.2 Å². The molecule has 1 amide bonds. The van der Waals surface area contributed by atoms with Crippen molar-refractivity contribution in [2.75, 3.05) is 13.1 Å². The van der Waals surface area contributed by atoms with Crippen molar-refractivity contribution in [2.45, 2.75) is 31.0 Å². The summed E-state index contributed by atoms with van der Waals surface area (Å²) in [7, 11) is 0. The summed E-state index contributed by atoms with van der Waals surface area (Å²) < 4.78 is 70.8. The van der Waals surface area contributed by atoms with Crippen LogP contribution in [0.5, 0.6) is 5.75 Å². The summed E-state index contributed by atoms with van der Waals surface area (Å²) in [6.45, 7) is -2.15. The van der Waals surface area contributed by atoms with E-state index in [1.807, 2.05) is 0 Å². The minimum absolute atomic E-state index is 0.153. The fraction of sp³-hybridized carbons (Fsp3) is 0.292. The summed E-state index contributed by atoms with van der Waals surface area (Å²) in [4.78, 5) is 25.4. The molecule has 0 saturated carbocycles.